The predicted molar refractivity (Wildman–Crippen MR) is 73.9 cm³/mol. The van der Waals surface area contributed by atoms with E-state index in [0.717, 1.165) is 10.0 Å². The molecule has 0 aliphatic rings. The Balaban J connectivity index is 2.16. The number of aliphatic hydroxyl groups is 1. The van der Waals surface area contributed by atoms with Crippen LogP contribution in [0.1, 0.15) is 12.3 Å². The summed E-state index contributed by atoms with van der Waals surface area (Å²) < 4.78 is 11.0. The van der Waals surface area contributed by atoms with Gasteiger partial charge in [0.05, 0.1) is 36.6 Å². The standard InChI is InChI=1S/C13H12BrN3O3/c1-19-11-3-2-8(6-10(11)14)13-16-12(20-17-13)7-9(18)4-5-15/h2-3,6,9,18H,4,7H2,1H3. The number of hydrogen-bond acceptors (Lipinski definition) is 6. The van der Waals surface area contributed by atoms with Gasteiger partial charge in [0.1, 0.15) is 5.75 Å². The largest absolute Gasteiger partial charge is 0.496 e. The first-order valence-corrected chi connectivity index (χ1v) is 6.65. The molecule has 1 heterocycles. The lowest BCUT2D eigenvalue weighted by Gasteiger charge is -2.03. The molecule has 7 heteroatoms. The second-order valence-corrected chi connectivity index (χ2v) is 4.94. The Labute approximate surface area is 124 Å². The summed E-state index contributed by atoms with van der Waals surface area (Å²) in [6.45, 7) is 0. The zero-order valence-corrected chi connectivity index (χ0v) is 12.3. The Hall–Kier alpha value is -1.91. The molecule has 1 unspecified atom stereocenters. The van der Waals surface area contributed by atoms with E-state index in [4.69, 9.17) is 14.5 Å². The Morgan fingerprint density at radius 3 is 3.00 bits per heavy atom. The van der Waals surface area contributed by atoms with Crippen molar-refractivity contribution in [1.82, 2.24) is 10.1 Å². The highest BCUT2D eigenvalue weighted by molar-refractivity contribution is 9.10. The maximum Gasteiger partial charge on any atom is 0.229 e. The molecule has 0 amide bonds. The van der Waals surface area contributed by atoms with Gasteiger partial charge < -0.3 is 14.4 Å². The van der Waals surface area contributed by atoms with Gasteiger partial charge in [-0.25, -0.2) is 0 Å². The number of nitrogens with zero attached hydrogens (tertiary/aromatic N) is 3. The van der Waals surface area contributed by atoms with Gasteiger partial charge in [0, 0.05) is 5.56 Å². The fourth-order valence-corrected chi connectivity index (χ4v) is 2.18. The monoisotopic (exact) mass is 337 g/mol. The van der Waals surface area contributed by atoms with E-state index >= 15 is 0 Å². The van der Waals surface area contributed by atoms with Gasteiger partial charge in [0.2, 0.25) is 11.7 Å². The summed E-state index contributed by atoms with van der Waals surface area (Å²) in [7, 11) is 1.59. The highest BCUT2D eigenvalue weighted by atomic mass is 79.9. The van der Waals surface area contributed by atoms with Crippen molar-refractivity contribution in [3.05, 3.63) is 28.6 Å². The van der Waals surface area contributed by atoms with Crippen molar-refractivity contribution in [2.24, 2.45) is 0 Å². The van der Waals surface area contributed by atoms with Gasteiger partial charge in [-0.15, -0.1) is 0 Å². The fraction of sp³-hybridized carbons (Fsp3) is 0.308. The maximum absolute atomic E-state index is 9.52. The molecule has 0 bridgehead atoms. The van der Waals surface area contributed by atoms with Gasteiger partial charge >= 0.3 is 0 Å². The van der Waals surface area contributed by atoms with Crippen molar-refractivity contribution in [3.63, 3.8) is 0 Å². The van der Waals surface area contributed by atoms with E-state index in [1.165, 1.54) is 0 Å². The SMILES string of the molecule is COc1ccc(-c2noc(CC(O)CC#N)n2)cc1Br. The third kappa shape index (κ3) is 3.35. The third-order valence-electron chi connectivity index (χ3n) is 2.62. The minimum absolute atomic E-state index is 0.0335. The Kier molecular flexibility index (Phi) is 4.71. The first kappa shape index (κ1) is 14.5. The topological polar surface area (TPSA) is 92.2 Å². The highest BCUT2D eigenvalue weighted by Gasteiger charge is 2.14. The molecule has 0 aliphatic heterocycles. The van der Waals surface area contributed by atoms with E-state index in [1.54, 1.807) is 13.2 Å². The van der Waals surface area contributed by atoms with Crippen molar-refractivity contribution < 1.29 is 14.4 Å². The van der Waals surface area contributed by atoms with Crippen LogP contribution in [0.2, 0.25) is 0 Å². The molecule has 2 rings (SSSR count). The molecule has 0 spiro atoms. The Bertz CT molecular complexity index is 636. The fourth-order valence-electron chi connectivity index (χ4n) is 1.64. The molecule has 0 radical (unpaired) electrons. The van der Waals surface area contributed by atoms with Crippen LogP contribution in [0.5, 0.6) is 5.75 Å². The van der Waals surface area contributed by atoms with Crippen LogP contribution in [-0.2, 0) is 6.42 Å². The van der Waals surface area contributed by atoms with Gasteiger partial charge in [-0.2, -0.15) is 10.2 Å². The van der Waals surface area contributed by atoms with Gasteiger partial charge in [-0.1, -0.05) is 5.16 Å². The summed E-state index contributed by atoms with van der Waals surface area (Å²) in [6.07, 6.45) is -0.597. The van der Waals surface area contributed by atoms with Crippen LogP contribution < -0.4 is 4.74 Å². The Morgan fingerprint density at radius 2 is 2.35 bits per heavy atom. The quantitative estimate of drug-likeness (QED) is 0.899. The molecule has 0 aliphatic carbocycles. The third-order valence-corrected chi connectivity index (χ3v) is 3.23. The van der Waals surface area contributed by atoms with Gasteiger partial charge in [-0.05, 0) is 34.1 Å². The minimum Gasteiger partial charge on any atom is -0.496 e. The number of aromatic nitrogens is 2. The van der Waals surface area contributed by atoms with E-state index in [0.29, 0.717) is 17.5 Å². The first-order valence-electron chi connectivity index (χ1n) is 5.85. The van der Waals surface area contributed by atoms with Gasteiger partial charge in [0.25, 0.3) is 0 Å². The van der Waals surface area contributed by atoms with Crippen molar-refractivity contribution in [3.8, 4) is 23.2 Å². The molecular formula is C13H12BrN3O3. The van der Waals surface area contributed by atoms with Gasteiger partial charge in [-0.3, -0.25) is 0 Å². The van der Waals surface area contributed by atoms with Crippen LogP contribution in [-0.4, -0.2) is 28.5 Å². The molecule has 0 fully saturated rings. The number of nitriles is 1. The second-order valence-electron chi connectivity index (χ2n) is 4.08. The molecule has 0 saturated heterocycles. The molecule has 1 aromatic carbocycles. The lowest BCUT2D eigenvalue weighted by atomic mass is 10.2. The number of methoxy groups -OCH3 is 1. The number of halogens is 1. The number of aliphatic hydroxyl groups excluding tert-OH is 1. The number of benzene rings is 1. The van der Waals surface area contributed by atoms with Crippen molar-refractivity contribution in [2.45, 2.75) is 18.9 Å². The molecule has 2 aromatic rings. The summed E-state index contributed by atoms with van der Waals surface area (Å²) in [6, 6.07) is 7.31. The molecule has 1 atom stereocenters. The van der Waals surface area contributed by atoms with Crippen LogP contribution in [0, 0.1) is 11.3 Å². The number of rotatable bonds is 5. The molecular weight excluding hydrogens is 326 g/mol. The average molecular weight is 338 g/mol. The minimum atomic E-state index is -0.795. The molecule has 104 valence electrons. The lowest BCUT2D eigenvalue weighted by Crippen LogP contribution is -2.09. The molecule has 1 N–H and O–H groups in total. The molecule has 0 saturated carbocycles. The van der Waals surface area contributed by atoms with Crippen LogP contribution in [0.4, 0.5) is 0 Å². The number of hydrogen-bond donors (Lipinski definition) is 1. The van der Waals surface area contributed by atoms with Crippen LogP contribution in [0.25, 0.3) is 11.4 Å². The zero-order valence-electron chi connectivity index (χ0n) is 10.7. The molecule has 1 aromatic heterocycles. The maximum atomic E-state index is 9.52. The van der Waals surface area contributed by atoms with E-state index in [1.807, 2.05) is 18.2 Å². The van der Waals surface area contributed by atoms with E-state index in [9.17, 15) is 5.11 Å². The van der Waals surface area contributed by atoms with Crippen molar-refractivity contribution in [1.29, 1.82) is 5.26 Å². The van der Waals surface area contributed by atoms with Crippen LogP contribution in [0.3, 0.4) is 0 Å². The van der Waals surface area contributed by atoms with Crippen LogP contribution in [0.15, 0.2) is 27.2 Å². The van der Waals surface area contributed by atoms with E-state index < -0.39 is 6.10 Å². The average Bonchev–Trinajstić information content (AvgIpc) is 2.87. The molecule has 20 heavy (non-hydrogen) atoms. The lowest BCUT2D eigenvalue weighted by molar-refractivity contribution is 0.167. The summed E-state index contributed by atoms with van der Waals surface area (Å²) >= 11 is 3.39. The normalized spacial score (nSPS) is 11.9. The molecule has 6 nitrogen and oxygen atoms in total. The summed E-state index contributed by atoms with van der Waals surface area (Å²) in [5.74, 6) is 1.43. The van der Waals surface area contributed by atoms with Crippen LogP contribution >= 0.6 is 15.9 Å². The van der Waals surface area contributed by atoms with Gasteiger partial charge in [0.15, 0.2) is 0 Å². The first-order chi connectivity index (χ1) is 9.63. The van der Waals surface area contributed by atoms with Crippen molar-refractivity contribution >= 4 is 15.9 Å². The summed E-state index contributed by atoms with van der Waals surface area (Å²) in [5, 5.41) is 21.9. The smallest absolute Gasteiger partial charge is 0.229 e. The zero-order chi connectivity index (χ0) is 14.5. The Morgan fingerprint density at radius 1 is 1.55 bits per heavy atom. The van der Waals surface area contributed by atoms with Crippen molar-refractivity contribution in [2.75, 3.05) is 7.11 Å². The summed E-state index contributed by atoms with van der Waals surface area (Å²) in [4.78, 5) is 4.19. The highest BCUT2D eigenvalue weighted by Crippen LogP contribution is 2.29. The number of ether oxygens (including phenoxy) is 1. The summed E-state index contributed by atoms with van der Waals surface area (Å²) in [5.41, 5.74) is 0.766. The van der Waals surface area contributed by atoms with E-state index in [2.05, 4.69) is 26.1 Å². The predicted octanol–water partition coefficient (Wildman–Crippen LogP) is 2.32. The second kappa shape index (κ2) is 6.50. The van der Waals surface area contributed by atoms with E-state index in [-0.39, 0.29) is 12.8 Å².